The molecule has 1 N–H and O–H groups in total. The lowest BCUT2D eigenvalue weighted by Crippen LogP contribution is -2.27. The molecule has 0 atom stereocenters. The number of benzene rings is 1. The van der Waals surface area contributed by atoms with E-state index in [1.807, 2.05) is 19.1 Å². The summed E-state index contributed by atoms with van der Waals surface area (Å²) in [5.41, 5.74) is 1.33. The van der Waals surface area contributed by atoms with Crippen molar-refractivity contribution >= 4 is 34.7 Å². The first-order valence-electron chi connectivity index (χ1n) is 6.83. The van der Waals surface area contributed by atoms with E-state index >= 15 is 0 Å². The molecule has 0 saturated carbocycles. The van der Waals surface area contributed by atoms with E-state index < -0.39 is 0 Å². The Labute approximate surface area is 132 Å². The van der Waals surface area contributed by atoms with Gasteiger partial charge in [-0.1, -0.05) is 0 Å². The summed E-state index contributed by atoms with van der Waals surface area (Å²) < 4.78 is 5.36. The Morgan fingerprint density at radius 1 is 1.23 bits per heavy atom. The van der Waals surface area contributed by atoms with Gasteiger partial charge in [0.2, 0.25) is 0 Å². The molecule has 0 radical (unpaired) electrons. The van der Waals surface area contributed by atoms with Crippen LogP contribution < -0.4 is 9.64 Å². The minimum atomic E-state index is -0.311. The number of amides is 2. The molecular weight excluding hydrogens is 300 g/mol. The number of H-pyrrole nitrogens is 1. The number of aromatic amines is 1. The molecule has 1 aromatic heterocycles. The van der Waals surface area contributed by atoms with Crippen LogP contribution in [-0.2, 0) is 4.79 Å². The molecule has 2 heterocycles. The minimum Gasteiger partial charge on any atom is -0.494 e. The molecule has 22 heavy (non-hydrogen) atoms. The van der Waals surface area contributed by atoms with Gasteiger partial charge in [0, 0.05) is 11.9 Å². The summed E-state index contributed by atoms with van der Waals surface area (Å²) in [6, 6.07) is 10.6. The molecule has 2 amide bonds. The van der Waals surface area contributed by atoms with Crippen molar-refractivity contribution in [1.29, 1.82) is 0 Å². The number of hydrogen-bond donors (Lipinski definition) is 1. The predicted octanol–water partition coefficient (Wildman–Crippen LogP) is 3.65. The van der Waals surface area contributed by atoms with Gasteiger partial charge >= 0.3 is 0 Å². The molecule has 1 fully saturated rings. The number of anilines is 1. The van der Waals surface area contributed by atoms with E-state index in [0.717, 1.165) is 17.5 Å². The zero-order valence-electron chi connectivity index (χ0n) is 11.9. The smallest absolute Gasteiger partial charge is 0.298 e. The lowest BCUT2D eigenvalue weighted by molar-refractivity contribution is -0.113. The highest BCUT2D eigenvalue weighted by molar-refractivity contribution is 8.19. The molecular formula is C16H14N2O3S. The molecule has 1 saturated heterocycles. The molecule has 1 aromatic carbocycles. The number of nitrogens with zero attached hydrogens (tertiary/aromatic N) is 1. The SMILES string of the molecule is CCOc1ccc(N2C(=O)S/C(=C/c3ccc[nH]3)C2=O)cc1. The zero-order valence-corrected chi connectivity index (χ0v) is 12.7. The van der Waals surface area contributed by atoms with Crippen molar-refractivity contribution in [2.45, 2.75) is 6.92 Å². The van der Waals surface area contributed by atoms with Crippen LogP contribution >= 0.6 is 11.8 Å². The lowest BCUT2D eigenvalue weighted by Gasteiger charge is -2.13. The Hall–Kier alpha value is -2.47. The van der Waals surface area contributed by atoms with Crippen LogP contribution in [0.5, 0.6) is 5.75 Å². The summed E-state index contributed by atoms with van der Waals surface area (Å²) in [6.07, 6.45) is 3.45. The molecule has 6 heteroatoms. The molecule has 0 bridgehead atoms. The highest BCUT2D eigenvalue weighted by atomic mass is 32.2. The van der Waals surface area contributed by atoms with E-state index in [1.165, 1.54) is 4.90 Å². The van der Waals surface area contributed by atoms with Crippen LogP contribution in [0.15, 0.2) is 47.5 Å². The number of ether oxygens (including phenoxy) is 1. The molecule has 1 aliphatic rings. The highest BCUT2D eigenvalue weighted by Crippen LogP contribution is 2.36. The summed E-state index contributed by atoms with van der Waals surface area (Å²) in [4.78, 5) is 29.1. The number of hydrogen-bond acceptors (Lipinski definition) is 4. The van der Waals surface area contributed by atoms with Crippen molar-refractivity contribution in [2.24, 2.45) is 0 Å². The monoisotopic (exact) mass is 314 g/mol. The van der Waals surface area contributed by atoms with E-state index in [0.29, 0.717) is 22.9 Å². The topological polar surface area (TPSA) is 62.4 Å². The quantitative estimate of drug-likeness (QED) is 0.875. The maximum absolute atomic E-state index is 12.4. The third kappa shape index (κ3) is 2.78. The van der Waals surface area contributed by atoms with Crippen LogP contribution in [0.4, 0.5) is 10.5 Å². The predicted molar refractivity (Wildman–Crippen MR) is 86.9 cm³/mol. The fourth-order valence-corrected chi connectivity index (χ4v) is 2.96. The van der Waals surface area contributed by atoms with Gasteiger partial charge in [0.15, 0.2) is 0 Å². The Morgan fingerprint density at radius 3 is 2.64 bits per heavy atom. The Bertz CT molecular complexity index is 720. The molecule has 0 unspecified atom stereocenters. The first-order valence-corrected chi connectivity index (χ1v) is 7.65. The molecule has 2 aromatic rings. The molecule has 5 nitrogen and oxygen atoms in total. The van der Waals surface area contributed by atoms with E-state index in [9.17, 15) is 9.59 Å². The maximum atomic E-state index is 12.4. The number of rotatable bonds is 4. The maximum Gasteiger partial charge on any atom is 0.298 e. The van der Waals surface area contributed by atoms with Gasteiger partial charge in [-0.15, -0.1) is 0 Å². The third-order valence-electron chi connectivity index (χ3n) is 3.11. The van der Waals surface area contributed by atoms with Crippen molar-refractivity contribution < 1.29 is 14.3 Å². The summed E-state index contributed by atoms with van der Waals surface area (Å²) in [5.74, 6) is 0.397. The van der Waals surface area contributed by atoms with E-state index in [-0.39, 0.29) is 11.1 Å². The van der Waals surface area contributed by atoms with Gasteiger partial charge < -0.3 is 9.72 Å². The van der Waals surface area contributed by atoms with E-state index in [1.54, 1.807) is 36.5 Å². The second-order valence-corrected chi connectivity index (χ2v) is 5.56. The average molecular weight is 314 g/mol. The van der Waals surface area contributed by atoms with Crippen LogP contribution in [0.3, 0.4) is 0 Å². The number of imide groups is 1. The Kier molecular flexibility index (Phi) is 4.02. The average Bonchev–Trinajstić information content (AvgIpc) is 3.10. The number of aromatic nitrogens is 1. The number of carbonyl (C=O) groups is 2. The number of carbonyl (C=O) groups excluding carboxylic acids is 2. The second kappa shape index (κ2) is 6.11. The summed E-state index contributed by atoms with van der Waals surface area (Å²) >= 11 is 0.937. The van der Waals surface area contributed by atoms with Crippen molar-refractivity contribution in [3.05, 3.63) is 53.2 Å². The lowest BCUT2D eigenvalue weighted by atomic mass is 10.2. The van der Waals surface area contributed by atoms with Crippen molar-refractivity contribution in [3.8, 4) is 5.75 Å². The van der Waals surface area contributed by atoms with Gasteiger partial charge in [-0.05, 0) is 61.2 Å². The van der Waals surface area contributed by atoms with Crippen LogP contribution in [0, 0.1) is 0 Å². The standard InChI is InChI=1S/C16H14N2O3S/c1-2-21-13-7-5-12(6-8-13)18-15(19)14(22-16(18)20)10-11-4-3-9-17-11/h3-10,17H,2H2,1H3/b14-10+. The van der Waals surface area contributed by atoms with Crippen LogP contribution in [-0.4, -0.2) is 22.7 Å². The Morgan fingerprint density at radius 2 is 2.00 bits per heavy atom. The first kappa shape index (κ1) is 14.5. The zero-order chi connectivity index (χ0) is 15.5. The fraction of sp³-hybridized carbons (Fsp3) is 0.125. The molecule has 0 spiro atoms. The van der Waals surface area contributed by atoms with Gasteiger partial charge in [-0.3, -0.25) is 9.59 Å². The summed E-state index contributed by atoms with van der Waals surface area (Å²) in [6.45, 7) is 2.47. The van der Waals surface area contributed by atoms with Crippen LogP contribution in [0.25, 0.3) is 6.08 Å². The van der Waals surface area contributed by atoms with Crippen molar-refractivity contribution in [2.75, 3.05) is 11.5 Å². The van der Waals surface area contributed by atoms with Crippen molar-refractivity contribution in [3.63, 3.8) is 0 Å². The van der Waals surface area contributed by atoms with Gasteiger partial charge in [-0.25, -0.2) is 4.90 Å². The first-order chi connectivity index (χ1) is 10.7. The fourth-order valence-electron chi connectivity index (χ4n) is 2.12. The van der Waals surface area contributed by atoms with E-state index in [4.69, 9.17) is 4.74 Å². The van der Waals surface area contributed by atoms with Crippen LogP contribution in [0.1, 0.15) is 12.6 Å². The number of nitrogens with one attached hydrogen (secondary N) is 1. The molecule has 1 aliphatic heterocycles. The Balaban J connectivity index is 1.85. The minimum absolute atomic E-state index is 0.299. The van der Waals surface area contributed by atoms with Crippen molar-refractivity contribution in [1.82, 2.24) is 4.98 Å². The summed E-state index contributed by atoms with van der Waals surface area (Å²) in [7, 11) is 0. The van der Waals surface area contributed by atoms with Gasteiger partial charge in [0.1, 0.15) is 5.75 Å². The molecule has 3 rings (SSSR count). The number of thioether (sulfide) groups is 1. The van der Waals surface area contributed by atoms with E-state index in [2.05, 4.69) is 4.98 Å². The van der Waals surface area contributed by atoms with Gasteiger partial charge in [0.25, 0.3) is 11.1 Å². The highest BCUT2D eigenvalue weighted by Gasteiger charge is 2.36. The largest absolute Gasteiger partial charge is 0.494 e. The second-order valence-electron chi connectivity index (χ2n) is 4.57. The third-order valence-corrected chi connectivity index (χ3v) is 3.98. The molecule has 0 aliphatic carbocycles. The molecule has 112 valence electrons. The summed E-state index contributed by atoms with van der Waals surface area (Å²) in [5, 5.41) is -0.299. The van der Waals surface area contributed by atoms with Gasteiger partial charge in [0.05, 0.1) is 17.2 Å². The van der Waals surface area contributed by atoms with Crippen LogP contribution in [0.2, 0.25) is 0 Å². The normalized spacial score (nSPS) is 16.6. The van der Waals surface area contributed by atoms with Gasteiger partial charge in [-0.2, -0.15) is 0 Å².